The van der Waals surface area contributed by atoms with Crippen LogP contribution in [-0.2, 0) is 20.5 Å². The molecule has 10 nitrogen and oxygen atoms in total. The van der Waals surface area contributed by atoms with Gasteiger partial charge in [0.05, 0.1) is 23.9 Å². The fourth-order valence-corrected chi connectivity index (χ4v) is 7.24. The van der Waals surface area contributed by atoms with Gasteiger partial charge in [0.1, 0.15) is 40.9 Å². The largest absolute Gasteiger partial charge is 0.455 e. The van der Waals surface area contributed by atoms with Gasteiger partial charge in [0.2, 0.25) is 0 Å². The molecule has 3 heterocycles. The number of benzene rings is 2. The maximum absolute atomic E-state index is 13.6. The summed E-state index contributed by atoms with van der Waals surface area (Å²) in [6.07, 6.45) is 3.14. The molecule has 45 heavy (non-hydrogen) atoms. The van der Waals surface area contributed by atoms with Crippen LogP contribution in [0.15, 0.2) is 40.8 Å². The van der Waals surface area contributed by atoms with Gasteiger partial charge in [0.15, 0.2) is 0 Å². The van der Waals surface area contributed by atoms with Gasteiger partial charge in [-0.15, -0.1) is 0 Å². The predicted octanol–water partition coefficient (Wildman–Crippen LogP) is 5.49. The van der Waals surface area contributed by atoms with E-state index in [-0.39, 0.29) is 25.2 Å². The molecule has 2 aliphatic heterocycles. The van der Waals surface area contributed by atoms with Crippen molar-refractivity contribution in [2.24, 2.45) is 0 Å². The van der Waals surface area contributed by atoms with E-state index in [4.69, 9.17) is 13.9 Å². The zero-order valence-electron chi connectivity index (χ0n) is 26.6. The number of likely N-dealkylation sites (tertiary alicyclic amines) is 1. The second-order valence-corrected chi connectivity index (χ2v) is 12.9. The Morgan fingerprint density at radius 2 is 1.87 bits per heavy atom. The summed E-state index contributed by atoms with van der Waals surface area (Å²) in [6, 6.07) is 9.81. The van der Waals surface area contributed by atoms with Crippen LogP contribution in [0.2, 0.25) is 0 Å². The van der Waals surface area contributed by atoms with Crippen molar-refractivity contribution in [2.75, 3.05) is 56.9 Å². The molecule has 0 spiro atoms. The molecule has 0 saturated carbocycles. The normalized spacial score (nSPS) is 19.8. The van der Waals surface area contributed by atoms with Crippen LogP contribution in [0.3, 0.4) is 0 Å². The SMILES string of the molecule is CCCN(CC)C1CCN(C(=O)OCC2CN(S(C)=O)c3cc4oc(-c5ccc(F)cc5)c(C(=O)NC)c4cc3C(C)O2)CC1. The summed E-state index contributed by atoms with van der Waals surface area (Å²) < 4.78 is 46.7. The highest BCUT2D eigenvalue weighted by Crippen LogP contribution is 2.41. The van der Waals surface area contributed by atoms with Crippen LogP contribution in [0, 0.1) is 5.82 Å². The standard InChI is InChI=1S/C33H43FN4O6S/c1-6-14-36(7-2)24-12-15-37(16-13-24)33(40)42-20-25-19-38(45(5)41)28-18-29-27(17-26(28)21(3)43-25)30(32(39)35-4)31(44-29)22-8-10-23(34)11-9-22/h8-11,17-18,21,24-25H,6-7,12-16,19-20H2,1-5H3,(H,35,39). The van der Waals surface area contributed by atoms with Gasteiger partial charge in [-0.3, -0.25) is 9.10 Å². The molecule has 1 saturated heterocycles. The molecule has 2 aromatic carbocycles. The molecule has 1 fully saturated rings. The second kappa shape index (κ2) is 14.3. The molecule has 0 bridgehead atoms. The molecular formula is C33H43FN4O6S. The monoisotopic (exact) mass is 642 g/mol. The molecule has 3 atom stereocenters. The van der Waals surface area contributed by atoms with Crippen LogP contribution >= 0.6 is 0 Å². The second-order valence-electron chi connectivity index (χ2n) is 11.6. The molecule has 3 aromatic rings. The molecule has 0 radical (unpaired) electrons. The van der Waals surface area contributed by atoms with E-state index in [9.17, 15) is 18.2 Å². The molecule has 1 N–H and O–H groups in total. The molecule has 3 unspecified atom stereocenters. The summed E-state index contributed by atoms with van der Waals surface area (Å²) in [5, 5.41) is 3.23. The minimum atomic E-state index is -1.45. The lowest BCUT2D eigenvalue weighted by molar-refractivity contribution is -0.0335. The van der Waals surface area contributed by atoms with Gasteiger partial charge in [-0.05, 0) is 69.6 Å². The highest BCUT2D eigenvalue weighted by molar-refractivity contribution is 7.85. The number of hydrogen-bond acceptors (Lipinski definition) is 7. The lowest BCUT2D eigenvalue weighted by Crippen LogP contribution is -2.47. The molecule has 5 rings (SSSR count). The topological polar surface area (TPSA) is 105 Å². The number of nitrogens with zero attached hydrogens (tertiary/aromatic N) is 3. The van der Waals surface area contributed by atoms with Crippen molar-refractivity contribution in [3.8, 4) is 11.3 Å². The number of hydrogen-bond donors (Lipinski definition) is 1. The van der Waals surface area contributed by atoms with Crippen LogP contribution in [0.5, 0.6) is 0 Å². The van der Waals surface area contributed by atoms with Crippen molar-refractivity contribution in [3.63, 3.8) is 0 Å². The highest BCUT2D eigenvalue weighted by Gasteiger charge is 2.33. The number of piperidine rings is 1. The van der Waals surface area contributed by atoms with Crippen LogP contribution < -0.4 is 9.62 Å². The quantitative estimate of drug-likeness (QED) is 0.329. The Kier molecular flexibility index (Phi) is 10.5. The first-order valence-electron chi connectivity index (χ1n) is 15.7. The number of fused-ring (bicyclic) bond motifs is 2. The number of ether oxygens (including phenoxy) is 2. The Morgan fingerprint density at radius 1 is 1.16 bits per heavy atom. The molecule has 1 aromatic heterocycles. The van der Waals surface area contributed by atoms with Crippen LogP contribution in [0.4, 0.5) is 14.9 Å². The molecule has 0 aliphatic carbocycles. The first kappa shape index (κ1) is 32.9. The maximum atomic E-state index is 13.6. The lowest BCUT2D eigenvalue weighted by Gasteiger charge is -2.37. The highest BCUT2D eigenvalue weighted by atomic mass is 32.2. The number of carbonyl (C=O) groups is 2. The average molecular weight is 643 g/mol. The first-order chi connectivity index (χ1) is 21.6. The van der Waals surface area contributed by atoms with Crippen molar-refractivity contribution >= 4 is 39.6 Å². The van der Waals surface area contributed by atoms with Gasteiger partial charge in [0.25, 0.3) is 5.91 Å². The molecule has 12 heteroatoms. The third kappa shape index (κ3) is 7.02. The fourth-order valence-electron chi connectivity index (χ4n) is 6.42. The Morgan fingerprint density at radius 3 is 2.49 bits per heavy atom. The van der Waals surface area contributed by atoms with Gasteiger partial charge >= 0.3 is 6.09 Å². The number of halogens is 1. The summed E-state index contributed by atoms with van der Waals surface area (Å²) in [6.45, 7) is 9.84. The van der Waals surface area contributed by atoms with E-state index < -0.39 is 29.0 Å². The van der Waals surface area contributed by atoms with Crippen molar-refractivity contribution in [3.05, 3.63) is 53.3 Å². The van der Waals surface area contributed by atoms with Crippen molar-refractivity contribution < 1.29 is 32.1 Å². The number of anilines is 1. The minimum absolute atomic E-state index is 0.00995. The predicted molar refractivity (Wildman–Crippen MR) is 173 cm³/mol. The van der Waals surface area contributed by atoms with E-state index in [1.807, 2.05) is 13.0 Å². The third-order valence-corrected chi connectivity index (χ3v) is 9.70. The summed E-state index contributed by atoms with van der Waals surface area (Å²) in [5.74, 6) is -0.442. The van der Waals surface area contributed by atoms with E-state index >= 15 is 0 Å². The number of amides is 2. The van der Waals surface area contributed by atoms with E-state index in [1.54, 1.807) is 33.7 Å². The zero-order valence-corrected chi connectivity index (χ0v) is 27.5. The van der Waals surface area contributed by atoms with Gasteiger partial charge in [-0.1, -0.05) is 13.8 Å². The molecular weight excluding hydrogens is 599 g/mol. The smallest absolute Gasteiger partial charge is 0.409 e. The Bertz CT molecular complexity index is 1540. The number of nitrogens with one attached hydrogen (secondary N) is 1. The third-order valence-electron chi connectivity index (χ3n) is 8.73. The number of furan rings is 1. The van der Waals surface area contributed by atoms with Crippen LogP contribution in [0.1, 0.15) is 62.1 Å². The van der Waals surface area contributed by atoms with Gasteiger partial charge in [0, 0.05) is 55.0 Å². The van der Waals surface area contributed by atoms with Crippen molar-refractivity contribution in [1.29, 1.82) is 0 Å². The van der Waals surface area contributed by atoms with Gasteiger partial charge in [-0.25, -0.2) is 13.4 Å². The van der Waals surface area contributed by atoms with Gasteiger partial charge < -0.3 is 29.0 Å². The zero-order chi connectivity index (χ0) is 32.2. The van der Waals surface area contributed by atoms with Crippen LogP contribution in [-0.4, -0.2) is 90.8 Å². The molecule has 2 amide bonds. The lowest BCUT2D eigenvalue weighted by atomic mass is 10.0. The van der Waals surface area contributed by atoms with Gasteiger partial charge in [-0.2, -0.15) is 0 Å². The summed E-state index contributed by atoms with van der Waals surface area (Å²) >= 11 is 0. The summed E-state index contributed by atoms with van der Waals surface area (Å²) in [4.78, 5) is 30.3. The van der Waals surface area contributed by atoms with E-state index in [1.165, 1.54) is 19.2 Å². The number of rotatable bonds is 9. The fraction of sp³-hybridized carbons (Fsp3) is 0.515. The van der Waals surface area contributed by atoms with E-state index in [0.717, 1.165) is 37.9 Å². The Labute approximate surface area is 266 Å². The minimum Gasteiger partial charge on any atom is -0.455 e. The number of carbonyl (C=O) groups excluding carboxylic acids is 2. The first-order valence-corrected chi connectivity index (χ1v) is 17.2. The average Bonchev–Trinajstić information content (AvgIpc) is 3.35. The van der Waals surface area contributed by atoms with E-state index in [2.05, 4.69) is 24.1 Å². The van der Waals surface area contributed by atoms with Crippen molar-refractivity contribution in [1.82, 2.24) is 15.1 Å². The van der Waals surface area contributed by atoms with Crippen LogP contribution in [0.25, 0.3) is 22.3 Å². The Hall–Kier alpha value is -3.48. The van der Waals surface area contributed by atoms with E-state index in [0.29, 0.717) is 52.7 Å². The maximum Gasteiger partial charge on any atom is 0.409 e. The summed E-state index contributed by atoms with van der Waals surface area (Å²) in [7, 11) is 0.0894. The molecule has 244 valence electrons. The molecule has 2 aliphatic rings. The summed E-state index contributed by atoms with van der Waals surface area (Å²) in [5.41, 5.74) is 2.65. The van der Waals surface area contributed by atoms with Crippen molar-refractivity contribution in [2.45, 2.75) is 58.3 Å². The Balaban J connectivity index is 1.35.